The summed E-state index contributed by atoms with van der Waals surface area (Å²) in [5.41, 5.74) is 1.36. The van der Waals surface area contributed by atoms with Crippen LogP contribution in [-0.2, 0) is 9.59 Å². The van der Waals surface area contributed by atoms with Gasteiger partial charge in [-0.1, -0.05) is 30.3 Å². The van der Waals surface area contributed by atoms with Crippen LogP contribution in [-0.4, -0.2) is 23.2 Å². The van der Waals surface area contributed by atoms with Gasteiger partial charge in [0.1, 0.15) is 17.4 Å². The van der Waals surface area contributed by atoms with Crippen molar-refractivity contribution in [3.05, 3.63) is 84.7 Å². The van der Waals surface area contributed by atoms with Crippen LogP contribution in [0.25, 0.3) is 0 Å². The fourth-order valence-corrected chi connectivity index (χ4v) is 3.04. The Morgan fingerprint density at radius 3 is 2.19 bits per heavy atom. The van der Waals surface area contributed by atoms with E-state index >= 15 is 0 Å². The lowest BCUT2D eigenvalue weighted by atomic mass is 9.97. The van der Waals surface area contributed by atoms with Crippen LogP contribution in [0.1, 0.15) is 11.5 Å². The summed E-state index contributed by atoms with van der Waals surface area (Å²) in [5.74, 6) is 0.302. The van der Waals surface area contributed by atoms with E-state index in [1.807, 2.05) is 30.3 Å². The van der Waals surface area contributed by atoms with Crippen molar-refractivity contribution in [2.24, 2.45) is 0 Å². The second-order valence-electron chi connectivity index (χ2n) is 6.01. The minimum atomic E-state index is -0.769. The number of hydrogen-bond donors (Lipinski definition) is 0. The Labute approximate surface area is 150 Å². The maximum absolute atomic E-state index is 12.7. The lowest BCUT2D eigenvalue weighted by Gasteiger charge is -2.15. The first-order valence-corrected chi connectivity index (χ1v) is 8.29. The number of aromatic nitrogens is 1. The quantitative estimate of drug-likeness (QED) is 0.679. The molecule has 3 aromatic rings. The molecule has 5 nitrogen and oxygen atoms in total. The number of anilines is 1. The summed E-state index contributed by atoms with van der Waals surface area (Å²) < 4.78 is 5.75. The van der Waals surface area contributed by atoms with Crippen molar-refractivity contribution < 1.29 is 14.3 Å². The highest BCUT2D eigenvalue weighted by Crippen LogP contribution is 2.31. The second-order valence-corrected chi connectivity index (χ2v) is 6.01. The van der Waals surface area contributed by atoms with E-state index in [-0.39, 0.29) is 18.2 Å². The van der Waals surface area contributed by atoms with Gasteiger partial charge in [-0.3, -0.25) is 14.6 Å². The molecule has 1 amide bonds. The molecule has 1 fully saturated rings. The van der Waals surface area contributed by atoms with E-state index in [4.69, 9.17) is 4.74 Å². The number of carbonyl (C=O) groups excluding carboxylic acids is 2. The third-order valence-electron chi connectivity index (χ3n) is 4.32. The van der Waals surface area contributed by atoms with Gasteiger partial charge in [0.25, 0.3) is 0 Å². The average Bonchev–Trinajstić information content (AvgIpc) is 2.98. The van der Waals surface area contributed by atoms with Crippen molar-refractivity contribution in [1.29, 1.82) is 0 Å². The monoisotopic (exact) mass is 344 g/mol. The fourth-order valence-electron chi connectivity index (χ4n) is 3.04. The SMILES string of the molecule is O=C1CN(c2ccncc2)C(=O)C1c1ccc(Oc2ccccc2)cc1. The van der Waals surface area contributed by atoms with Crippen molar-refractivity contribution in [3.63, 3.8) is 0 Å². The molecule has 26 heavy (non-hydrogen) atoms. The molecule has 1 aliphatic heterocycles. The van der Waals surface area contributed by atoms with E-state index in [1.54, 1.807) is 48.8 Å². The number of nitrogens with zero attached hydrogens (tertiary/aromatic N) is 2. The molecule has 0 aliphatic carbocycles. The minimum absolute atomic E-state index is 0.0791. The topological polar surface area (TPSA) is 59.5 Å². The first-order chi connectivity index (χ1) is 12.7. The van der Waals surface area contributed by atoms with Crippen LogP contribution in [0.2, 0.25) is 0 Å². The molecule has 1 unspecified atom stereocenters. The highest BCUT2D eigenvalue weighted by Gasteiger charge is 2.40. The molecule has 1 atom stereocenters. The van der Waals surface area contributed by atoms with Crippen molar-refractivity contribution in [3.8, 4) is 11.5 Å². The van der Waals surface area contributed by atoms with E-state index in [0.717, 1.165) is 5.75 Å². The summed E-state index contributed by atoms with van der Waals surface area (Å²) in [4.78, 5) is 30.6. The van der Waals surface area contributed by atoms with Gasteiger partial charge in [-0.2, -0.15) is 0 Å². The largest absolute Gasteiger partial charge is 0.457 e. The molecule has 0 radical (unpaired) electrons. The van der Waals surface area contributed by atoms with E-state index in [0.29, 0.717) is 17.0 Å². The van der Waals surface area contributed by atoms with Gasteiger partial charge < -0.3 is 9.64 Å². The van der Waals surface area contributed by atoms with Crippen molar-refractivity contribution >= 4 is 17.4 Å². The van der Waals surface area contributed by atoms with Gasteiger partial charge in [0.05, 0.1) is 6.54 Å². The van der Waals surface area contributed by atoms with E-state index in [2.05, 4.69) is 4.98 Å². The Morgan fingerprint density at radius 1 is 0.846 bits per heavy atom. The minimum Gasteiger partial charge on any atom is -0.457 e. The van der Waals surface area contributed by atoms with Crippen LogP contribution in [0.4, 0.5) is 5.69 Å². The third-order valence-corrected chi connectivity index (χ3v) is 4.32. The molecule has 2 heterocycles. The molecule has 5 heteroatoms. The second kappa shape index (κ2) is 6.80. The molecule has 0 N–H and O–H groups in total. The van der Waals surface area contributed by atoms with E-state index in [1.165, 1.54) is 4.90 Å². The fraction of sp³-hybridized carbons (Fsp3) is 0.0952. The van der Waals surface area contributed by atoms with Crippen LogP contribution in [0.15, 0.2) is 79.1 Å². The number of carbonyl (C=O) groups is 2. The summed E-state index contributed by atoms with van der Waals surface area (Å²) >= 11 is 0. The average molecular weight is 344 g/mol. The zero-order valence-corrected chi connectivity index (χ0v) is 13.9. The molecule has 2 aromatic carbocycles. The lowest BCUT2D eigenvalue weighted by molar-refractivity contribution is -0.123. The molecule has 1 aromatic heterocycles. The number of para-hydroxylation sites is 1. The third kappa shape index (κ3) is 3.07. The lowest BCUT2D eigenvalue weighted by Crippen LogP contribution is -2.26. The maximum Gasteiger partial charge on any atom is 0.242 e. The van der Waals surface area contributed by atoms with Crippen LogP contribution in [0, 0.1) is 0 Å². The Balaban J connectivity index is 1.54. The summed E-state index contributed by atoms with van der Waals surface area (Å²) in [7, 11) is 0. The summed E-state index contributed by atoms with van der Waals surface area (Å²) in [6.07, 6.45) is 3.21. The normalized spacial score (nSPS) is 16.8. The number of hydrogen-bond acceptors (Lipinski definition) is 4. The van der Waals surface area contributed by atoms with Crippen molar-refractivity contribution in [2.45, 2.75) is 5.92 Å². The Kier molecular flexibility index (Phi) is 4.19. The smallest absolute Gasteiger partial charge is 0.242 e. The predicted octanol–water partition coefficient (Wildman–Crippen LogP) is 3.57. The number of ether oxygens (including phenoxy) is 1. The first kappa shape index (κ1) is 16.0. The van der Waals surface area contributed by atoms with Crippen LogP contribution in [0.3, 0.4) is 0 Å². The molecular formula is C21H16N2O3. The van der Waals surface area contributed by atoms with Gasteiger partial charge >= 0.3 is 0 Å². The molecule has 0 spiro atoms. The van der Waals surface area contributed by atoms with Crippen molar-refractivity contribution in [1.82, 2.24) is 4.98 Å². The van der Waals surface area contributed by atoms with Crippen molar-refractivity contribution in [2.75, 3.05) is 11.4 Å². The highest BCUT2D eigenvalue weighted by molar-refractivity contribution is 6.21. The van der Waals surface area contributed by atoms with Gasteiger partial charge in [0.2, 0.25) is 5.91 Å². The van der Waals surface area contributed by atoms with Gasteiger partial charge in [-0.05, 0) is 42.0 Å². The van der Waals surface area contributed by atoms with Crippen LogP contribution < -0.4 is 9.64 Å². The van der Waals surface area contributed by atoms with Gasteiger partial charge in [-0.15, -0.1) is 0 Å². The highest BCUT2D eigenvalue weighted by atomic mass is 16.5. The standard InChI is InChI=1S/C21H16N2O3/c24-19-14-23(16-10-12-22-13-11-16)21(25)20(19)15-6-8-18(9-7-15)26-17-4-2-1-3-5-17/h1-13,20H,14H2. The van der Waals surface area contributed by atoms with Crippen LogP contribution in [0.5, 0.6) is 11.5 Å². The zero-order chi connectivity index (χ0) is 17.9. The maximum atomic E-state index is 12.7. The molecule has 4 rings (SSSR count). The molecular weight excluding hydrogens is 328 g/mol. The number of rotatable bonds is 4. The number of amides is 1. The molecule has 0 saturated carbocycles. The molecule has 1 saturated heterocycles. The van der Waals surface area contributed by atoms with Crippen LogP contribution >= 0.6 is 0 Å². The Morgan fingerprint density at radius 2 is 1.50 bits per heavy atom. The number of ketones is 1. The molecule has 128 valence electrons. The predicted molar refractivity (Wildman–Crippen MR) is 97.3 cm³/mol. The van der Waals surface area contributed by atoms with Gasteiger partial charge in [-0.25, -0.2) is 0 Å². The molecule has 1 aliphatic rings. The summed E-state index contributed by atoms with van der Waals surface area (Å²) in [6, 6.07) is 20.0. The van der Waals surface area contributed by atoms with E-state index < -0.39 is 5.92 Å². The van der Waals surface area contributed by atoms with Gasteiger partial charge in [0, 0.05) is 18.1 Å². The number of benzene rings is 2. The Hall–Kier alpha value is -3.47. The van der Waals surface area contributed by atoms with E-state index in [9.17, 15) is 9.59 Å². The zero-order valence-electron chi connectivity index (χ0n) is 13.9. The summed E-state index contributed by atoms with van der Waals surface area (Å²) in [5, 5.41) is 0. The number of Topliss-reactive ketones (excluding diaryl/α,β-unsaturated/α-hetero) is 1. The number of pyridine rings is 1. The Bertz CT molecular complexity index is 924. The molecule has 0 bridgehead atoms. The summed E-state index contributed by atoms with van der Waals surface area (Å²) in [6.45, 7) is 0.0791. The van der Waals surface area contributed by atoms with Gasteiger partial charge in [0.15, 0.2) is 5.78 Å². The first-order valence-electron chi connectivity index (χ1n) is 8.29.